The van der Waals surface area contributed by atoms with E-state index in [9.17, 15) is 23.4 Å². The Bertz CT molecular complexity index is 1540. The number of nitrogen functional groups attached to an aromatic ring is 1. The molecule has 3 rings (SSSR count). The minimum atomic E-state index is -5.17. The smallest absolute Gasteiger partial charge is 0.320 e. The molecule has 0 radical (unpaired) electrons. The molecule has 3 heterocycles. The summed E-state index contributed by atoms with van der Waals surface area (Å²) in [5, 5.41) is 29.7. The minimum absolute atomic E-state index is 0.0779. The summed E-state index contributed by atoms with van der Waals surface area (Å²) in [5.41, 5.74) is 12.1. The van der Waals surface area contributed by atoms with E-state index in [-0.39, 0.29) is 22.5 Å². The highest BCUT2D eigenvalue weighted by atomic mass is 32.3. The average Bonchev–Trinajstić information content (AvgIpc) is 3.63. The molecule has 18 nitrogen and oxygen atoms in total. The molecular weight excluding hydrogens is 769 g/mol. The number of aromatic nitrogens is 4. The van der Waals surface area contributed by atoms with E-state index < -0.39 is 57.1 Å². The van der Waals surface area contributed by atoms with E-state index in [4.69, 9.17) is 43.4 Å². The van der Waals surface area contributed by atoms with Crippen molar-refractivity contribution in [3.05, 3.63) is 12.7 Å². The van der Waals surface area contributed by atoms with Crippen LogP contribution in [0.1, 0.15) is 122 Å². The van der Waals surface area contributed by atoms with Crippen LogP contribution in [0, 0.1) is 0 Å². The first-order valence-electron chi connectivity index (χ1n) is 18.5. The second-order valence-electron chi connectivity index (χ2n) is 13.5. The first kappa shape index (κ1) is 49.8. The highest BCUT2D eigenvalue weighted by Gasteiger charge is 2.46. The van der Waals surface area contributed by atoms with Gasteiger partial charge in [-0.25, -0.2) is 15.0 Å². The van der Waals surface area contributed by atoms with Crippen molar-refractivity contribution in [2.75, 3.05) is 29.2 Å². The summed E-state index contributed by atoms with van der Waals surface area (Å²) in [6.07, 6.45) is 21.6. The Kier molecular flexibility index (Phi) is 24.5. The highest BCUT2D eigenvalue weighted by molar-refractivity contribution is 7.96. The van der Waals surface area contributed by atoms with Crippen LogP contribution in [0.15, 0.2) is 12.7 Å². The zero-order chi connectivity index (χ0) is 40.7. The van der Waals surface area contributed by atoms with Gasteiger partial charge in [0.1, 0.15) is 47.7 Å². The Morgan fingerprint density at radius 1 is 0.889 bits per heavy atom. The summed E-state index contributed by atoms with van der Waals surface area (Å²) < 4.78 is 71.2. The molecule has 0 spiro atoms. The van der Waals surface area contributed by atoms with Crippen LogP contribution in [-0.2, 0) is 40.9 Å². The van der Waals surface area contributed by atoms with Gasteiger partial charge < -0.3 is 40.6 Å². The van der Waals surface area contributed by atoms with E-state index in [1.165, 1.54) is 101 Å². The Morgan fingerprint density at radius 3 is 1.83 bits per heavy atom. The molecule has 1 aliphatic rings. The number of ether oxygens (including phenoxy) is 1. The number of aliphatic hydroxyl groups excluding tert-OH is 2. The van der Waals surface area contributed by atoms with Crippen LogP contribution in [0.5, 0.6) is 0 Å². The van der Waals surface area contributed by atoms with E-state index in [1.54, 1.807) is 0 Å². The van der Waals surface area contributed by atoms with E-state index in [0.29, 0.717) is 35.5 Å². The number of hydrogen-bond acceptors (Lipinski definition) is 15. The summed E-state index contributed by atoms with van der Waals surface area (Å²) >= 11 is 0. The van der Waals surface area contributed by atoms with Gasteiger partial charge in [0, 0.05) is 16.8 Å². The summed E-state index contributed by atoms with van der Waals surface area (Å²) in [7, 11) is -9.15. The average molecular weight is 830 g/mol. The molecule has 0 amide bonds. The molecule has 2 aromatic heterocycles. The fourth-order valence-corrected chi connectivity index (χ4v) is 8.03. The Hall–Kier alpha value is -2.21. The normalized spacial score (nSPS) is 19.8. The highest BCUT2D eigenvalue weighted by Crippen LogP contribution is 2.32. The number of imidazole rings is 1. The zero-order valence-corrected chi connectivity index (χ0v) is 33.9. The number of carboxylic acids is 1. The number of rotatable bonds is 24. The lowest BCUT2D eigenvalue weighted by atomic mass is 10.0. The van der Waals surface area contributed by atoms with E-state index in [1.807, 2.05) is 6.26 Å². The van der Waals surface area contributed by atoms with Crippen LogP contribution < -0.4 is 11.5 Å². The van der Waals surface area contributed by atoms with Gasteiger partial charge in [0.25, 0.3) is 10.1 Å². The molecule has 0 saturated carbocycles. The number of nitrogens with zero attached hydrogens (tertiary/aromatic N) is 4. The van der Waals surface area contributed by atoms with Gasteiger partial charge in [0.2, 0.25) is 0 Å². The molecule has 0 aliphatic carbocycles. The monoisotopic (exact) mass is 829 g/mol. The lowest BCUT2D eigenvalue weighted by molar-refractivity contribution is -0.138. The number of aliphatic carboxylic acids is 1. The van der Waals surface area contributed by atoms with Crippen molar-refractivity contribution in [1.82, 2.24) is 19.5 Å². The molecule has 21 heteroatoms. The van der Waals surface area contributed by atoms with E-state index >= 15 is 0 Å². The third-order valence-corrected chi connectivity index (χ3v) is 11.4. The summed E-state index contributed by atoms with van der Waals surface area (Å²) in [4.78, 5) is 23.0. The Labute approximate surface area is 322 Å². The second kappa shape index (κ2) is 26.6. The van der Waals surface area contributed by atoms with E-state index in [0.717, 1.165) is 12.8 Å². The lowest BCUT2D eigenvalue weighted by Crippen LogP contribution is -2.37. The first-order chi connectivity index (χ1) is 25.4. The molecule has 0 bridgehead atoms. The molecule has 314 valence electrons. The van der Waals surface area contributed by atoms with Crippen LogP contribution >= 0.6 is 0 Å². The lowest BCUT2D eigenvalue weighted by Gasteiger charge is -2.16. The van der Waals surface area contributed by atoms with Crippen molar-refractivity contribution < 1.29 is 55.3 Å². The Morgan fingerprint density at radius 2 is 1.37 bits per heavy atom. The molecule has 2 aromatic rings. The zero-order valence-electron chi connectivity index (χ0n) is 31.4. The van der Waals surface area contributed by atoms with Gasteiger partial charge in [-0.2, -0.15) is 8.42 Å². The van der Waals surface area contributed by atoms with Gasteiger partial charge in [-0.15, -0.1) is 0 Å². The molecule has 1 unspecified atom stereocenters. The minimum Gasteiger partial charge on any atom is -0.759 e. The SMILES string of the molecule is CCCCCCCCCCCCCCCCCCS(=O)(=O)O.C[S+](CC[C@H](N)C(=O)O)C[C@H]1O[C@@H](n2cnc3c(N)ncnc32)[C@H](O)[C@@H]1O.O=S(=O)([O-])[O-]. The van der Waals surface area contributed by atoms with Gasteiger partial charge in [-0.1, -0.05) is 103 Å². The fourth-order valence-electron chi connectivity index (χ4n) is 5.80. The second-order valence-corrected chi connectivity index (χ2v) is 18.2. The van der Waals surface area contributed by atoms with Crippen molar-refractivity contribution >= 4 is 54.4 Å². The van der Waals surface area contributed by atoms with Crippen LogP contribution in [0.25, 0.3) is 11.2 Å². The van der Waals surface area contributed by atoms with Crippen molar-refractivity contribution in [3.63, 3.8) is 0 Å². The number of hydrogen-bond donors (Lipinski definition) is 6. The number of unbranched alkanes of at least 4 members (excludes halogenated alkanes) is 15. The molecule has 1 aliphatic heterocycles. The number of nitrogens with two attached hydrogens (primary N) is 2. The summed E-state index contributed by atoms with van der Waals surface area (Å²) in [5.74, 6) is 0.176. The predicted octanol–water partition coefficient (Wildman–Crippen LogP) is 2.88. The summed E-state index contributed by atoms with van der Waals surface area (Å²) in [6, 6.07) is -0.907. The molecule has 0 aromatic carbocycles. The quantitative estimate of drug-likeness (QED) is 0.0383. The third-order valence-electron chi connectivity index (χ3n) is 8.80. The van der Waals surface area contributed by atoms with Crippen LogP contribution in [0.4, 0.5) is 5.82 Å². The van der Waals surface area contributed by atoms with Crippen molar-refractivity contribution in [2.45, 2.75) is 147 Å². The van der Waals surface area contributed by atoms with E-state index in [2.05, 4.69) is 21.9 Å². The number of aliphatic hydroxyl groups is 2. The first-order valence-corrected chi connectivity index (χ1v) is 23.4. The van der Waals surface area contributed by atoms with Gasteiger partial charge in [0.05, 0.1) is 18.3 Å². The number of carboxylic acid groups (broad SMARTS) is 1. The maximum atomic E-state index is 10.8. The van der Waals surface area contributed by atoms with Gasteiger partial charge in [-0.3, -0.25) is 22.3 Å². The van der Waals surface area contributed by atoms with Gasteiger partial charge in [-0.05, 0) is 17.3 Å². The topological polar surface area (TPSA) is 317 Å². The number of anilines is 1. The summed E-state index contributed by atoms with van der Waals surface area (Å²) in [6.45, 7) is 2.26. The van der Waals surface area contributed by atoms with Crippen molar-refractivity contribution in [2.24, 2.45) is 5.73 Å². The number of fused-ring (bicyclic) bond motifs is 1. The third kappa shape index (κ3) is 22.4. The molecule has 1 fully saturated rings. The predicted molar refractivity (Wildman–Crippen MR) is 205 cm³/mol. The maximum absolute atomic E-state index is 10.8. The molecule has 6 atom stereocenters. The Balaban J connectivity index is 0.000000489. The van der Waals surface area contributed by atoms with Crippen LogP contribution in [0.2, 0.25) is 0 Å². The molecule has 8 N–H and O–H groups in total. The molecule has 54 heavy (non-hydrogen) atoms. The number of carbonyl (C=O) groups is 1. The fraction of sp³-hybridized carbons (Fsp3) is 0.818. The van der Waals surface area contributed by atoms with Crippen LogP contribution in [0.3, 0.4) is 0 Å². The van der Waals surface area contributed by atoms with Crippen molar-refractivity contribution in [3.8, 4) is 0 Å². The van der Waals surface area contributed by atoms with Crippen LogP contribution in [-0.4, -0.2) is 119 Å². The molecular formula is C33H61N6O12S3-. The van der Waals surface area contributed by atoms with Crippen molar-refractivity contribution in [1.29, 1.82) is 0 Å². The maximum Gasteiger partial charge on any atom is 0.320 e. The molecule has 1 saturated heterocycles. The largest absolute Gasteiger partial charge is 0.759 e. The standard InChI is InChI=1S/C18H38O3S.C15H22N6O5S.H2O4S/c1-2-3-4-5-6-7-8-9-10-11-12-13-14-15-16-17-18-22(19,20)21;1-27(3-2-7(16)15(24)25)4-8-10(22)11(23)14(26-8)21-6-20-9-12(17)18-5-19-13(9)21;1-5(2,3)4/h2-18H2,1H3,(H,19,20,21);5-8,10-11,14,22-23H,2-4,16H2,1H3,(H2-,17,18,19,24,25);(H2,1,2,3,4)/p-1/t;7-,8+,10+,11+,14+,27?;/m.0./s1. The van der Waals surface area contributed by atoms with Gasteiger partial charge >= 0.3 is 5.97 Å². The van der Waals surface area contributed by atoms with Gasteiger partial charge in [0.15, 0.2) is 17.7 Å².